The SMILES string of the molecule is CCN(CCOC)C(=O)c1sc2cccc(OC)c2c1N. The van der Waals surface area contributed by atoms with E-state index in [2.05, 4.69) is 0 Å². The molecule has 0 saturated heterocycles. The average Bonchev–Trinajstić information content (AvgIpc) is 2.85. The number of hydrogen-bond donors (Lipinski definition) is 1. The lowest BCUT2D eigenvalue weighted by Crippen LogP contribution is -2.33. The zero-order chi connectivity index (χ0) is 15.4. The maximum absolute atomic E-state index is 12.6. The lowest BCUT2D eigenvalue weighted by molar-refractivity contribution is 0.0712. The maximum atomic E-state index is 12.6. The fraction of sp³-hybridized carbons (Fsp3) is 0.400. The van der Waals surface area contributed by atoms with E-state index < -0.39 is 0 Å². The molecule has 21 heavy (non-hydrogen) atoms. The van der Waals surface area contributed by atoms with Gasteiger partial charge in [-0.15, -0.1) is 11.3 Å². The van der Waals surface area contributed by atoms with Crippen molar-refractivity contribution in [2.45, 2.75) is 6.92 Å². The van der Waals surface area contributed by atoms with Gasteiger partial charge in [-0.05, 0) is 19.1 Å². The lowest BCUT2D eigenvalue weighted by atomic mass is 10.2. The fourth-order valence-corrected chi connectivity index (χ4v) is 3.32. The molecule has 0 aliphatic heterocycles. The van der Waals surface area contributed by atoms with Gasteiger partial charge in [0.2, 0.25) is 0 Å². The van der Waals surface area contributed by atoms with Crippen LogP contribution in [-0.2, 0) is 4.74 Å². The number of carbonyl (C=O) groups excluding carboxylic acids is 1. The Morgan fingerprint density at radius 2 is 2.14 bits per heavy atom. The van der Waals surface area contributed by atoms with Crippen LogP contribution in [0.5, 0.6) is 5.75 Å². The van der Waals surface area contributed by atoms with E-state index in [1.54, 1.807) is 19.1 Å². The van der Waals surface area contributed by atoms with Crippen LogP contribution >= 0.6 is 11.3 Å². The zero-order valence-electron chi connectivity index (χ0n) is 12.5. The third kappa shape index (κ3) is 2.96. The van der Waals surface area contributed by atoms with Crippen molar-refractivity contribution in [3.63, 3.8) is 0 Å². The summed E-state index contributed by atoms with van der Waals surface area (Å²) in [6.45, 7) is 3.62. The van der Waals surface area contributed by atoms with Crippen LogP contribution in [0.1, 0.15) is 16.6 Å². The number of likely N-dealkylation sites (N-methyl/N-ethyl adjacent to an activating group) is 1. The van der Waals surface area contributed by atoms with Crippen molar-refractivity contribution in [3.8, 4) is 5.75 Å². The largest absolute Gasteiger partial charge is 0.496 e. The molecule has 2 N–H and O–H groups in total. The number of anilines is 1. The summed E-state index contributed by atoms with van der Waals surface area (Å²) >= 11 is 1.40. The van der Waals surface area contributed by atoms with Gasteiger partial charge in [-0.2, -0.15) is 0 Å². The van der Waals surface area contributed by atoms with E-state index in [0.29, 0.717) is 36.0 Å². The number of amides is 1. The molecule has 2 rings (SSSR count). The number of methoxy groups -OCH3 is 2. The number of thiophene rings is 1. The minimum Gasteiger partial charge on any atom is -0.496 e. The van der Waals surface area contributed by atoms with Gasteiger partial charge >= 0.3 is 0 Å². The van der Waals surface area contributed by atoms with Gasteiger partial charge in [0.15, 0.2) is 0 Å². The van der Waals surface area contributed by atoms with Crippen molar-refractivity contribution in [1.82, 2.24) is 4.90 Å². The predicted molar refractivity (Wildman–Crippen MR) is 86.2 cm³/mol. The van der Waals surface area contributed by atoms with E-state index in [0.717, 1.165) is 10.1 Å². The van der Waals surface area contributed by atoms with Crippen LogP contribution in [-0.4, -0.2) is 44.7 Å². The molecule has 1 amide bonds. The fourth-order valence-electron chi connectivity index (χ4n) is 2.22. The van der Waals surface area contributed by atoms with Gasteiger partial charge in [-0.1, -0.05) is 6.07 Å². The first kappa shape index (κ1) is 15.6. The topological polar surface area (TPSA) is 64.8 Å². The zero-order valence-corrected chi connectivity index (χ0v) is 13.3. The van der Waals surface area contributed by atoms with Crippen LogP contribution < -0.4 is 10.5 Å². The standard InChI is InChI=1S/C15H20N2O3S/c1-4-17(8-9-19-2)15(18)14-13(16)12-10(20-3)6-5-7-11(12)21-14/h5-7H,4,8-9,16H2,1-3H3. The highest BCUT2D eigenvalue weighted by molar-refractivity contribution is 7.21. The van der Waals surface area contributed by atoms with Crippen molar-refractivity contribution in [2.24, 2.45) is 0 Å². The summed E-state index contributed by atoms with van der Waals surface area (Å²) in [4.78, 5) is 14.9. The minimum atomic E-state index is -0.0599. The highest BCUT2D eigenvalue weighted by Crippen LogP contribution is 2.39. The molecule has 0 spiro atoms. The number of carbonyl (C=O) groups is 1. The highest BCUT2D eigenvalue weighted by atomic mass is 32.1. The van der Waals surface area contributed by atoms with E-state index in [4.69, 9.17) is 15.2 Å². The summed E-state index contributed by atoms with van der Waals surface area (Å²) in [6, 6.07) is 5.69. The molecule has 1 aromatic carbocycles. The van der Waals surface area contributed by atoms with Crippen LogP contribution in [0.4, 0.5) is 5.69 Å². The van der Waals surface area contributed by atoms with Crippen LogP contribution in [0.15, 0.2) is 18.2 Å². The normalized spacial score (nSPS) is 10.8. The molecule has 6 heteroatoms. The Bertz CT molecular complexity index is 639. The molecule has 0 fully saturated rings. The first-order valence-corrected chi connectivity index (χ1v) is 7.58. The summed E-state index contributed by atoms with van der Waals surface area (Å²) < 4.78 is 11.3. The van der Waals surface area contributed by atoms with Crippen molar-refractivity contribution in [3.05, 3.63) is 23.1 Å². The number of rotatable bonds is 6. The number of hydrogen-bond acceptors (Lipinski definition) is 5. The van der Waals surface area contributed by atoms with Gasteiger partial charge in [-0.3, -0.25) is 4.79 Å². The van der Waals surface area contributed by atoms with E-state index in [1.807, 2.05) is 25.1 Å². The molecule has 1 aromatic heterocycles. The number of benzene rings is 1. The highest BCUT2D eigenvalue weighted by Gasteiger charge is 2.22. The summed E-state index contributed by atoms with van der Waals surface area (Å²) in [7, 11) is 3.22. The van der Waals surface area contributed by atoms with Gasteiger partial charge in [0.05, 0.1) is 24.8 Å². The van der Waals surface area contributed by atoms with E-state index >= 15 is 0 Å². The van der Waals surface area contributed by atoms with E-state index in [1.165, 1.54) is 11.3 Å². The molecular formula is C15H20N2O3S. The van der Waals surface area contributed by atoms with E-state index in [9.17, 15) is 4.79 Å². The van der Waals surface area contributed by atoms with Crippen molar-refractivity contribution >= 4 is 33.0 Å². The predicted octanol–water partition coefficient (Wildman–Crippen LogP) is 2.60. The third-order valence-electron chi connectivity index (χ3n) is 3.36. The monoisotopic (exact) mass is 308 g/mol. The Kier molecular flexibility index (Phi) is 5.03. The van der Waals surface area contributed by atoms with Crippen molar-refractivity contribution < 1.29 is 14.3 Å². The second-order valence-corrected chi connectivity index (χ2v) is 5.61. The Morgan fingerprint density at radius 1 is 1.38 bits per heavy atom. The van der Waals surface area contributed by atoms with Crippen LogP contribution in [0.25, 0.3) is 10.1 Å². The molecular weight excluding hydrogens is 288 g/mol. The van der Waals surface area contributed by atoms with Crippen molar-refractivity contribution in [1.29, 1.82) is 0 Å². The van der Waals surface area contributed by atoms with Crippen molar-refractivity contribution in [2.75, 3.05) is 39.6 Å². The van der Waals surface area contributed by atoms with Crippen LogP contribution in [0.3, 0.4) is 0 Å². The first-order chi connectivity index (χ1) is 10.1. The van der Waals surface area contributed by atoms with Crippen LogP contribution in [0.2, 0.25) is 0 Å². The Hall–Kier alpha value is -1.79. The molecule has 114 valence electrons. The molecule has 0 saturated carbocycles. The summed E-state index contributed by atoms with van der Waals surface area (Å²) in [5.74, 6) is 0.635. The quantitative estimate of drug-likeness (QED) is 0.891. The molecule has 0 radical (unpaired) electrons. The number of nitrogens with zero attached hydrogens (tertiary/aromatic N) is 1. The summed E-state index contributed by atoms with van der Waals surface area (Å²) in [6.07, 6.45) is 0. The Labute approximate surface area is 128 Å². The van der Waals surface area contributed by atoms with Gasteiger partial charge in [0, 0.05) is 24.9 Å². The van der Waals surface area contributed by atoms with Crippen LogP contribution in [0, 0.1) is 0 Å². The summed E-state index contributed by atoms with van der Waals surface area (Å²) in [5.41, 5.74) is 6.68. The first-order valence-electron chi connectivity index (χ1n) is 6.77. The van der Waals surface area contributed by atoms with E-state index in [-0.39, 0.29) is 5.91 Å². The molecule has 5 nitrogen and oxygen atoms in total. The molecule has 0 unspecified atom stereocenters. The smallest absolute Gasteiger partial charge is 0.266 e. The van der Waals surface area contributed by atoms with Gasteiger partial charge in [-0.25, -0.2) is 0 Å². The minimum absolute atomic E-state index is 0.0599. The lowest BCUT2D eigenvalue weighted by Gasteiger charge is -2.19. The van der Waals surface area contributed by atoms with Gasteiger partial charge in [0.25, 0.3) is 5.91 Å². The average molecular weight is 308 g/mol. The molecule has 0 bridgehead atoms. The van der Waals surface area contributed by atoms with Gasteiger partial charge in [0.1, 0.15) is 10.6 Å². The molecule has 1 heterocycles. The maximum Gasteiger partial charge on any atom is 0.266 e. The summed E-state index contributed by atoms with van der Waals surface area (Å²) in [5, 5.41) is 0.816. The number of fused-ring (bicyclic) bond motifs is 1. The second kappa shape index (κ2) is 6.78. The number of ether oxygens (including phenoxy) is 2. The molecule has 0 aliphatic rings. The Balaban J connectivity index is 2.42. The third-order valence-corrected chi connectivity index (χ3v) is 4.52. The number of nitrogen functional groups attached to an aromatic ring is 1. The molecule has 0 aliphatic carbocycles. The second-order valence-electron chi connectivity index (χ2n) is 4.56. The van der Waals surface area contributed by atoms with Gasteiger partial charge < -0.3 is 20.1 Å². The number of nitrogens with two attached hydrogens (primary N) is 1. The molecule has 0 atom stereocenters. The Morgan fingerprint density at radius 3 is 2.76 bits per heavy atom. The molecule has 2 aromatic rings.